The number of hydrogen-bond donors (Lipinski definition) is 0. The van der Waals surface area contributed by atoms with Crippen LogP contribution in [0.25, 0.3) is 0 Å². The predicted molar refractivity (Wildman–Crippen MR) is 84.1 cm³/mol. The summed E-state index contributed by atoms with van der Waals surface area (Å²) in [7, 11) is 0. The predicted octanol–water partition coefficient (Wildman–Crippen LogP) is 3.46. The number of amides is 2. The summed E-state index contributed by atoms with van der Waals surface area (Å²) in [5.74, 6) is 0.778. The maximum atomic E-state index is 12.2. The van der Waals surface area contributed by atoms with Crippen molar-refractivity contribution in [2.75, 3.05) is 13.2 Å². The van der Waals surface area contributed by atoms with Gasteiger partial charge >= 0.3 is 6.09 Å². The molecule has 0 bridgehead atoms. The highest BCUT2D eigenvalue weighted by molar-refractivity contribution is 7.99. The van der Waals surface area contributed by atoms with E-state index in [9.17, 15) is 9.59 Å². The molecular formula is C16H21NO3S. The number of carbonyl (C=O) groups excluding carboxylic acids is 2. The molecule has 0 aliphatic carbocycles. The lowest BCUT2D eigenvalue weighted by Crippen LogP contribution is -2.33. The fourth-order valence-electron chi connectivity index (χ4n) is 2.28. The average molecular weight is 307 g/mol. The Kier molecular flexibility index (Phi) is 6.11. The van der Waals surface area contributed by atoms with Gasteiger partial charge < -0.3 is 4.74 Å². The molecule has 0 unspecified atom stereocenters. The Bertz CT molecular complexity index is 478. The highest BCUT2D eigenvalue weighted by atomic mass is 32.2. The molecule has 4 nitrogen and oxygen atoms in total. The van der Waals surface area contributed by atoms with Crippen LogP contribution >= 0.6 is 11.8 Å². The molecule has 2 rings (SSSR count). The highest BCUT2D eigenvalue weighted by Gasteiger charge is 2.29. The third-order valence-electron chi connectivity index (χ3n) is 3.40. The van der Waals surface area contributed by atoms with Gasteiger partial charge in [0.25, 0.3) is 0 Å². The van der Waals surface area contributed by atoms with Gasteiger partial charge in [0.15, 0.2) is 0 Å². The van der Waals surface area contributed by atoms with Gasteiger partial charge in [-0.05, 0) is 12.0 Å². The van der Waals surface area contributed by atoms with E-state index in [2.05, 4.69) is 19.1 Å². The molecule has 1 heterocycles. The molecule has 1 aliphatic heterocycles. The zero-order valence-corrected chi connectivity index (χ0v) is 13.1. The van der Waals surface area contributed by atoms with Gasteiger partial charge in [0, 0.05) is 17.4 Å². The topological polar surface area (TPSA) is 46.6 Å². The first-order valence-electron chi connectivity index (χ1n) is 7.33. The Balaban J connectivity index is 1.86. The average Bonchev–Trinajstić information content (AvgIpc) is 2.92. The van der Waals surface area contributed by atoms with Crippen LogP contribution in [0.2, 0.25) is 0 Å². The maximum absolute atomic E-state index is 12.2. The molecule has 1 aromatic carbocycles. The molecular weight excluding hydrogens is 286 g/mol. The largest absolute Gasteiger partial charge is 0.447 e. The number of hydrogen-bond acceptors (Lipinski definition) is 4. The van der Waals surface area contributed by atoms with Crippen LogP contribution in [0, 0.1) is 0 Å². The van der Waals surface area contributed by atoms with Crippen molar-refractivity contribution in [2.24, 2.45) is 0 Å². The molecule has 114 valence electrons. The third-order valence-corrected chi connectivity index (χ3v) is 4.78. The van der Waals surface area contributed by atoms with Crippen LogP contribution < -0.4 is 0 Å². The van der Waals surface area contributed by atoms with E-state index in [0.29, 0.717) is 19.6 Å². The SMILES string of the molecule is CCC[C@@H](CC(=O)N1CCOC1=O)SCc1ccccc1. The second kappa shape index (κ2) is 8.08. The van der Waals surface area contributed by atoms with E-state index in [1.807, 2.05) is 18.2 Å². The van der Waals surface area contributed by atoms with E-state index >= 15 is 0 Å². The van der Waals surface area contributed by atoms with Crippen molar-refractivity contribution in [3.8, 4) is 0 Å². The smallest absolute Gasteiger partial charge is 0.416 e. The minimum atomic E-state index is -0.497. The van der Waals surface area contributed by atoms with E-state index in [1.54, 1.807) is 11.8 Å². The van der Waals surface area contributed by atoms with Crippen LogP contribution in [0.1, 0.15) is 31.7 Å². The summed E-state index contributed by atoms with van der Waals surface area (Å²) < 4.78 is 4.82. The lowest BCUT2D eigenvalue weighted by Gasteiger charge is -2.18. The van der Waals surface area contributed by atoms with Gasteiger partial charge in [-0.15, -0.1) is 0 Å². The zero-order chi connectivity index (χ0) is 15.1. The number of nitrogens with zero attached hydrogens (tertiary/aromatic N) is 1. The maximum Gasteiger partial charge on any atom is 0.416 e. The molecule has 0 saturated carbocycles. The van der Waals surface area contributed by atoms with E-state index in [1.165, 1.54) is 10.5 Å². The number of cyclic esters (lactones) is 1. The van der Waals surface area contributed by atoms with Crippen molar-refractivity contribution >= 4 is 23.8 Å². The Morgan fingerprint density at radius 2 is 2.14 bits per heavy atom. The second-order valence-corrected chi connectivity index (χ2v) is 6.36. The summed E-state index contributed by atoms with van der Waals surface area (Å²) >= 11 is 1.79. The van der Waals surface area contributed by atoms with Crippen LogP contribution in [-0.2, 0) is 15.3 Å². The van der Waals surface area contributed by atoms with Crippen LogP contribution in [0.4, 0.5) is 4.79 Å². The van der Waals surface area contributed by atoms with Crippen molar-refractivity contribution in [3.63, 3.8) is 0 Å². The Labute approximate surface area is 129 Å². The summed E-state index contributed by atoms with van der Waals surface area (Å²) in [5, 5.41) is 0.246. The Hall–Kier alpha value is -1.49. The van der Waals surface area contributed by atoms with E-state index < -0.39 is 6.09 Å². The fourth-order valence-corrected chi connectivity index (χ4v) is 3.56. The molecule has 0 radical (unpaired) electrons. The normalized spacial score (nSPS) is 15.9. The molecule has 1 saturated heterocycles. The summed E-state index contributed by atoms with van der Waals surface area (Å²) in [4.78, 5) is 24.8. The van der Waals surface area contributed by atoms with Gasteiger partial charge in [-0.3, -0.25) is 4.79 Å². The van der Waals surface area contributed by atoms with Crippen LogP contribution in [0.15, 0.2) is 30.3 Å². The third kappa shape index (κ3) is 4.77. The summed E-state index contributed by atoms with van der Waals surface area (Å²) in [5.41, 5.74) is 1.26. The first-order chi connectivity index (χ1) is 10.2. The summed E-state index contributed by atoms with van der Waals surface area (Å²) in [6.07, 6.45) is 1.92. The lowest BCUT2D eigenvalue weighted by molar-refractivity contribution is -0.127. The van der Waals surface area contributed by atoms with Crippen molar-refractivity contribution in [1.29, 1.82) is 0 Å². The lowest BCUT2D eigenvalue weighted by atomic mass is 10.2. The number of benzene rings is 1. The first-order valence-corrected chi connectivity index (χ1v) is 8.38. The monoisotopic (exact) mass is 307 g/mol. The van der Waals surface area contributed by atoms with E-state index in [4.69, 9.17) is 4.74 Å². The minimum Gasteiger partial charge on any atom is -0.447 e. The van der Waals surface area contributed by atoms with Gasteiger partial charge in [-0.25, -0.2) is 9.69 Å². The quantitative estimate of drug-likeness (QED) is 0.774. The van der Waals surface area contributed by atoms with E-state index in [-0.39, 0.29) is 11.2 Å². The summed E-state index contributed by atoms with van der Waals surface area (Å²) in [6.45, 7) is 2.82. The molecule has 1 atom stereocenters. The molecule has 5 heteroatoms. The zero-order valence-electron chi connectivity index (χ0n) is 12.3. The molecule has 21 heavy (non-hydrogen) atoms. The number of carbonyl (C=O) groups is 2. The number of thioether (sulfide) groups is 1. The second-order valence-electron chi connectivity index (χ2n) is 5.07. The molecule has 0 spiro atoms. The van der Waals surface area contributed by atoms with Crippen molar-refractivity contribution in [2.45, 2.75) is 37.2 Å². The van der Waals surface area contributed by atoms with Crippen molar-refractivity contribution < 1.29 is 14.3 Å². The first kappa shape index (κ1) is 15.9. The molecule has 0 aromatic heterocycles. The van der Waals surface area contributed by atoms with Gasteiger partial charge in [0.2, 0.25) is 5.91 Å². The fraction of sp³-hybridized carbons (Fsp3) is 0.500. The Morgan fingerprint density at radius 3 is 2.76 bits per heavy atom. The van der Waals surface area contributed by atoms with Crippen LogP contribution in [0.3, 0.4) is 0 Å². The van der Waals surface area contributed by atoms with Gasteiger partial charge in [-0.2, -0.15) is 11.8 Å². The van der Waals surface area contributed by atoms with Gasteiger partial charge in [0.1, 0.15) is 6.61 Å². The molecule has 0 N–H and O–H groups in total. The minimum absolute atomic E-state index is 0.114. The molecule has 1 fully saturated rings. The van der Waals surface area contributed by atoms with Crippen LogP contribution in [0.5, 0.6) is 0 Å². The molecule has 1 aromatic rings. The number of ether oxygens (including phenoxy) is 1. The Morgan fingerprint density at radius 1 is 1.38 bits per heavy atom. The van der Waals surface area contributed by atoms with E-state index in [0.717, 1.165) is 18.6 Å². The van der Waals surface area contributed by atoms with Gasteiger partial charge in [-0.1, -0.05) is 43.7 Å². The number of imide groups is 1. The number of rotatable bonds is 7. The van der Waals surface area contributed by atoms with Crippen molar-refractivity contribution in [3.05, 3.63) is 35.9 Å². The molecule has 2 amide bonds. The van der Waals surface area contributed by atoms with Crippen molar-refractivity contribution in [1.82, 2.24) is 4.90 Å². The van der Waals surface area contributed by atoms with Crippen LogP contribution in [-0.4, -0.2) is 35.3 Å². The molecule has 1 aliphatic rings. The highest BCUT2D eigenvalue weighted by Crippen LogP contribution is 2.25. The standard InChI is InChI=1S/C16H21NO3S/c1-2-6-14(21-12-13-7-4-3-5-8-13)11-15(18)17-9-10-20-16(17)19/h3-5,7-8,14H,2,6,9-12H2,1H3/t14-/m0/s1. The summed E-state index contributed by atoms with van der Waals surface area (Å²) in [6, 6.07) is 10.2. The van der Waals surface area contributed by atoms with Gasteiger partial charge in [0.05, 0.1) is 6.54 Å².